The van der Waals surface area contributed by atoms with Crippen LogP contribution in [0.15, 0.2) is 60.8 Å². The summed E-state index contributed by atoms with van der Waals surface area (Å²) in [6, 6.07) is 0. The minimum atomic E-state index is -0.948. The first-order valence-corrected chi connectivity index (χ1v) is 10.8. The van der Waals surface area contributed by atoms with E-state index in [0.29, 0.717) is 0 Å². The van der Waals surface area contributed by atoms with E-state index in [2.05, 4.69) is 67.7 Å². The first-order chi connectivity index (χ1) is 14.9. The molecule has 6 nitrogen and oxygen atoms in total. The van der Waals surface area contributed by atoms with E-state index in [1.807, 2.05) is 0 Å². The Kier molecular flexibility index (Phi) is 24.6. The van der Waals surface area contributed by atoms with Crippen molar-refractivity contribution in [2.24, 2.45) is 0 Å². The van der Waals surface area contributed by atoms with Crippen LogP contribution in [0.5, 0.6) is 0 Å². The molecule has 0 bridgehead atoms. The highest BCUT2D eigenvalue weighted by atomic mass is 16.4. The van der Waals surface area contributed by atoms with Gasteiger partial charge in [-0.2, -0.15) is 0 Å². The Morgan fingerprint density at radius 2 is 0.839 bits per heavy atom. The molecule has 0 aromatic heterocycles. The molecule has 0 heterocycles. The molecule has 0 fully saturated rings. The lowest BCUT2D eigenvalue weighted by Gasteiger charge is -1.89. The molecule has 0 spiro atoms. The molecular weight excluding hydrogens is 396 g/mol. The van der Waals surface area contributed by atoms with Crippen LogP contribution >= 0.6 is 0 Å². The van der Waals surface area contributed by atoms with Crippen LogP contribution in [0.2, 0.25) is 0 Å². The van der Waals surface area contributed by atoms with Gasteiger partial charge >= 0.3 is 17.9 Å². The number of carboxylic acid groups (broad SMARTS) is 3. The standard InChI is InChI=1S/C20H30O2.C5H8O4/c1-2-3-4-5-6-7-8-9-10-11-12-13-14-15-16-17-18-19-20(21)22;6-4(7)2-1-3-5(8)9/h3-4,6-7,9-10,12-13,15-16H,2,5,8,11,14,17-19H2,1H3,(H,21,22);1-3H2,(H,6,7)(H,8,9). The van der Waals surface area contributed by atoms with Crippen LogP contribution in [0, 0.1) is 0 Å². The zero-order chi connectivity index (χ0) is 23.6. The predicted molar refractivity (Wildman–Crippen MR) is 125 cm³/mol. The van der Waals surface area contributed by atoms with Crippen molar-refractivity contribution in [3.05, 3.63) is 60.8 Å². The van der Waals surface area contributed by atoms with E-state index in [0.717, 1.165) is 44.9 Å². The molecule has 31 heavy (non-hydrogen) atoms. The predicted octanol–water partition coefficient (Wildman–Crippen LogP) is 6.32. The molecule has 0 saturated carbocycles. The van der Waals surface area contributed by atoms with Crippen LogP contribution in [-0.2, 0) is 14.4 Å². The van der Waals surface area contributed by atoms with Gasteiger partial charge in [0.1, 0.15) is 0 Å². The van der Waals surface area contributed by atoms with Crippen molar-refractivity contribution in [1.82, 2.24) is 0 Å². The van der Waals surface area contributed by atoms with Crippen LogP contribution in [-0.4, -0.2) is 33.2 Å². The number of unbranched alkanes of at least 4 members (excludes halogenated alkanes) is 1. The van der Waals surface area contributed by atoms with Crippen molar-refractivity contribution < 1.29 is 29.7 Å². The van der Waals surface area contributed by atoms with Gasteiger partial charge in [-0.1, -0.05) is 67.7 Å². The fourth-order valence-corrected chi connectivity index (χ4v) is 2.13. The second-order valence-electron chi connectivity index (χ2n) is 6.64. The molecule has 3 N–H and O–H groups in total. The van der Waals surface area contributed by atoms with Crippen molar-refractivity contribution in [3.8, 4) is 0 Å². The van der Waals surface area contributed by atoms with E-state index in [1.165, 1.54) is 0 Å². The van der Waals surface area contributed by atoms with E-state index in [1.54, 1.807) is 0 Å². The highest BCUT2D eigenvalue weighted by Gasteiger charge is 1.99. The molecule has 0 rings (SSSR count). The number of aliphatic carboxylic acids is 3. The van der Waals surface area contributed by atoms with Gasteiger partial charge in [0.2, 0.25) is 0 Å². The first-order valence-electron chi connectivity index (χ1n) is 10.8. The maximum absolute atomic E-state index is 10.3. The lowest BCUT2D eigenvalue weighted by Crippen LogP contribution is -1.98. The lowest BCUT2D eigenvalue weighted by molar-refractivity contribution is -0.139. The summed E-state index contributed by atoms with van der Waals surface area (Å²) in [6.07, 6.45) is 28.5. The third kappa shape index (κ3) is 35.0. The zero-order valence-corrected chi connectivity index (χ0v) is 18.6. The molecule has 0 aliphatic heterocycles. The summed E-state index contributed by atoms with van der Waals surface area (Å²) >= 11 is 0. The summed E-state index contributed by atoms with van der Waals surface area (Å²) in [4.78, 5) is 29.9. The molecule has 0 radical (unpaired) electrons. The first kappa shape index (κ1) is 30.3. The fourth-order valence-electron chi connectivity index (χ4n) is 2.13. The van der Waals surface area contributed by atoms with Crippen LogP contribution < -0.4 is 0 Å². The Bertz CT molecular complexity index is 598. The number of rotatable bonds is 17. The molecule has 0 atom stereocenters. The summed E-state index contributed by atoms with van der Waals surface area (Å²) in [6.45, 7) is 2.14. The Morgan fingerprint density at radius 1 is 0.516 bits per heavy atom. The van der Waals surface area contributed by atoms with Gasteiger partial charge in [0.05, 0.1) is 0 Å². The number of carbonyl (C=O) groups is 3. The highest BCUT2D eigenvalue weighted by molar-refractivity contribution is 5.69. The lowest BCUT2D eigenvalue weighted by atomic mass is 10.2. The van der Waals surface area contributed by atoms with Crippen molar-refractivity contribution >= 4 is 17.9 Å². The average Bonchev–Trinajstić information content (AvgIpc) is 2.70. The van der Waals surface area contributed by atoms with Gasteiger partial charge in [0.25, 0.3) is 0 Å². The van der Waals surface area contributed by atoms with Crippen molar-refractivity contribution in [3.63, 3.8) is 0 Å². The van der Waals surface area contributed by atoms with Gasteiger partial charge in [-0.25, -0.2) is 0 Å². The van der Waals surface area contributed by atoms with Crippen LogP contribution in [0.4, 0.5) is 0 Å². The summed E-state index contributed by atoms with van der Waals surface area (Å²) in [5.74, 6) is -2.61. The van der Waals surface area contributed by atoms with Gasteiger partial charge in [0, 0.05) is 19.3 Å². The topological polar surface area (TPSA) is 112 Å². The molecule has 0 saturated heterocycles. The van der Waals surface area contributed by atoms with Crippen LogP contribution in [0.1, 0.15) is 77.6 Å². The minimum Gasteiger partial charge on any atom is -0.481 e. The summed E-state index contributed by atoms with van der Waals surface area (Å²) in [7, 11) is 0. The third-order valence-corrected chi connectivity index (χ3v) is 3.70. The van der Waals surface area contributed by atoms with E-state index in [9.17, 15) is 14.4 Å². The molecule has 6 heteroatoms. The normalized spacial score (nSPS) is 11.6. The Labute approximate surface area is 186 Å². The zero-order valence-electron chi connectivity index (χ0n) is 18.6. The van der Waals surface area contributed by atoms with E-state index >= 15 is 0 Å². The number of hydrogen-bond acceptors (Lipinski definition) is 3. The van der Waals surface area contributed by atoms with E-state index < -0.39 is 17.9 Å². The van der Waals surface area contributed by atoms with Gasteiger partial charge in [0.15, 0.2) is 0 Å². The smallest absolute Gasteiger partial charge is 0.303 e. The SMILES string of the molecule is CCC=CCC=CCC=CCC=CCC=CCCCC(=O)O.O=C(O)CCCC(=O)O. The average molecular weight is 435 g/mol. The van der Waals surface area contributed by atoms with Crippen molar-refractivity contribution in [1.29, 1.82) is 0 Å². The molecule has 174 valence electrons. The van der Waals surface area contributed by atoms with Crippen molar-refractivity contribution in [2.75, 3.05) is 0 Å². The second-order valence-corrected chi connectivity index (χ2v) is 6.64. The highest BCUT2D eigenvalue weighted by Crippen LogP contribution is 1.99. The number of carboxylic acids is 3. The maximum atomic E-state index is 10.3. The summed E-state index contributed by atoms with van der Waals surface area (Å²) in [5, 5.41) is 24.6. The molecule has 0 unspecified atom stereocenters. The maximum Gasteiger partial charge on any atom is 0.303 e. The molecular formula is C25H38O6. The summed E-state index contributed by atoms with van der Waals surface area (Å²) in [5.41, 5.74) is 0. The fraction of sp³-hybridized carbons (Fsp3) is 0.480. The minimum absolute atomic E-state index is 0.0632. The Balaban J connectivity index is 0. The quantitative estimate of drug-likeness (QED) is 0.182. The number of hydrogen-bond donors (Lipinski definition) is 3. The van der Waals surface area contributed by atoms with Crippen LogP contribution in [0.25, 0.3) is 0 Å². The largest absolute Gasteiger partial charge is 0.481 e. The molecule has 0 aromatic rings. The molecule has 0 aromatic carbocycles. The molecule has 0 amide bonds. The van der Waals surface area contributed by atoms with Gasteiger partial charge < -0.3 is 15.3 Å². The summed E-state index contributed by atoms with van der Waals surface area (Å²) < 4.78 is 0. The monoisotopic (exact) mass is 434 g/mol. The van der Waals surface area contributed by atoms with E-state index in [4.69, 9.17) is 15.3 Å². The van der Waals surface area contributed by atoms with Crippen molar-refractivity contribution in [2.45, 2.75) is 77.6 Å². The molecule has 0 aliphatic rings. The molecule has 0 aliphatic carbocycles. The van der Waals surface area contributed by atoms with E-state index in [-0.39, 0.29) is 25.7 Å². The van der Waals surface area contributed by atoms with Gasteiger partial charge in [-0.05, 0) is 51.4 Å². The Hall–Kier alpha value is -2.89. The second kappa shape index (κ2) is 25.1. The van der Waals surface area contributed by atoms with Gasteiger partial charge in [-0.3, -0.25) is 14.4 Å². The van der Waals surface area contributed by atoms with Crippen LogP contribution in [0.3, 0.4) is 0 Å². The van der Waals surface area contributed by atoms with Gasteiger partial charge in [-0.15, -0.1) is 0 Å². The Morgan fingerprint density at radius 3 is 1.19 bits per heavy atom. The number of allylic oxidation sites excluding steroid dienone is 10. The third-order valence-electron chi connectivity index (χ3n) is 3.70.